The molecule has 1 saturated carbocycles. The van der Waals surface area contributed by atoms with E-state index in [-0.39, 0.29) is 6.03 Å². The van der Waals surface area contributed by atoms with Gasteiger partial charge < -0.3 is 15.3 Å². The zero-order valence-electron chi connectivity index (χ0n) is 11.8. The largest absolute Gasteiger partial charge is 0.480 e. The number of rotatable bonds is 4. The Kier molecular flexibility index (Phi) is 3.97. The first kappa shape index (κ1) is 14.4. The monoisotopic (exact) mass is 276 g/mol. The van der Waals surface area contributed by atoms with Gasteiger partial charge in [-0.3, -0.25) is 0 Å². The maximum Gasteiger partial charge on any atom is 0.329 e. The van der Waals surface area contributed by atoms with Crippen molar-refractivity contribution in [1.29, 1.82) is 0 Å². The first-order chi connectivity index (χ1) is 9.43. The molecule has 0 aliphatic heterocycles. The smallest absolute Gasteiger partial charge is 0.329 e. The molecule has 0 unspecified atom stereocenters. The molecule has 2 amide bonds. The van der Waals surface area contributed by atoms with Gasteiger partial charge in [0.1, 0.15) is 5.54 Å². The molecule has 1 aliphatic rings. The first-order valence-electron chi connectivity index (χ1n) is 6.75. The second kappa shape index (κ2) is 5.53. The summed E-state index contributed by atoms with van der Waals surface area (Å²) < 4.78 is 0. The molecule has 1 aromatic carbocycles. The highest BCUT2D eigenvalue weighted by atomic mass is 16.4. The van der Waals surface area contributed by atoms with Crippen LogP contribution in [0.1, 0.15) is 30.4 Å². The van der Waals surface area contributed by atoms with Gasteiger partial charge in [-0.15, -0.1) is 0 Å². The van der Waals surface area contributed by atoms with Gasteiger partial charge in [-0.2, -0.15) is 0 Å². The van der Waals surface area contributed by atoms with Crippen LogP contribution in [0, 0.1) is 6.92 Å². The highest BCUT2D eigenvalue weighted by Gasteiger charge is 2.46. The number of benzene rings is 1. The molecule has 5 nitrogen and oxygen atoms in total. The Hall–Kier alpha value is -2.04. The van der Waals surface area contributed by atoms with E-state index in [1.165, 1.54) is 4.90 Å². The Morgan fingerprint density at radius 3 is 2.60 bits per heavy atom. The van der Waals surface area contributed by atoms with E-state index in [2.05, 4.69) is 5.32 Å². The van der Waals surface area contributed by atoms with Gasteiger partial charge in [0.05, 0.1) is 0 Å². The van der Waals surface area contributed by atoms with E-state index in [0.717, 1.165) is 17.5 Å². The quantitative estimate of drug-likeness (QED) is 0.885. The van der Waals surface area contributed by atoms with Crippen molar-refractivity contribution in [2.75, 3.05) is 7.05 Å². The van der Waals surface area contributed by atoms with Gasteiger partial charge in [0.15, 0.2) is 0 Å². The summed E-state index contributed by atoms with van der Waals surface area (Å²) in [6.07, 6.45) is 1.85. The molecular formula is C15H20N2O3. The lowest BCUT2D eigenvalue weighted by atomic mass is 9.77. The third-order valence-corrected chi connectivity index (χ3v) is 3.81. The molecule has 0 radical (unpaired) electrons. The topological polar surface area (TPSA) is 69.6 Å². The van der Waals surface area contributed by atoms with E-state index in [1.54, 1.807) is 7.05 Å². The van der Waals surface area contributed by atoms with E-state index in [9.17, 15) is 14.7 Å². The van der Waals surface area contributed by atoms with E-state index in [4.69, 9.17) is 0 Å². The van der Waals surface area contributed by atoms with Crippen LogP contribution in [0.2, 0.25) is 0 Å². The third kappa shape index (κ3) is 2.92. The van der Waals surface area contributed by atoms with E-state index in [1.807, 2.05) is 31.2 Å². The van der Waals surface area contributed by atoms with E-state index >= 15 is 0 Å². The predicted octanol–water partition coefficient (Wildman–Crippen LogP) is 2.14. The third-order valence-electron chi connectivity index (χ3n) is 3.81. The summed E-state index contributed by atoms with van der Waals surface area (Å²) >= 11 is 0. The van der Waals surface area contributed by atoms with Crippen molar-refractivity contribution in [2.24, 2.45) is 0 Å². The zero-order chi connectivity index (χ0) is 14.8. The van der Waals surface area contributed by atoms with Gasteiger partial charge in [-0.1, -0.05) is 29.8 Å². The lowest BCUT2D eigenvalue weighted by molar-refractivity contribution is -0.148. The fraction of sp³-hybridized carbons (Fsp3) is 0.467. The van der Waals surface area contributed by atoms with Crippen LogP contribution in [0.15, 0.2) is 24.3 Å². The Balaban J connectivity index is 1.97. The number of hydrogen-bond donors (Lipinski definition) is 2. The summed E-state index contributed by atoms with van der Waals surface area (Å²) in [5, 5.41) is 11.9. The molecule has 20 heavy (non-hydrogen) atoms. The van der Waals surface area contributed by atoms with Crippen LogP contribution in [-0.2, 0) is 11.3 Å². The number of nitrogens with zero attached hydrogens (tertiary/aromatic N) is 1. The second-order valence-corrected chi connectivity index (χ2v) is 5.52. The Bertz CT molecular complexity index is 524. The van der Waals surface area contributed by atoms with Gasteiger partial charge in [-0.25, -0.2) is 9.59 Å². The number of urea groups is 1. The standard InChI is InChI=1S/C15H20N2O3/c1-11-5-3-6-12(9-11)10-17(2)14(20)16-15(13(18)19)7-4-8-15/h3,5-6,9H,4,7-8,10H2,1-2H3,(H,16,20)(H,18,19). The number of hydrogen-bond acceptors (Lipinski definition) is 2. The molecule has 0 saturated heterocycles. The number of carboxylic acids is 1. The van der Waals surface area contributed by atoms with Crippen molar-refractivity contribution in [3.8, 4) is 0 Å². The maximum atomic E-state index is 12.1. The van der Waals surface area contributed by atoms with Crippen molar-refractivity contribution in [2.45, 2.75) is 38.3 Å². The molecule has 0 aromatic heterocycles. The Morgan fingerprint density at radius 1 is 1.40 bits per heavy atom. The van der Waals surface area contributed by atoms with Gasteiger partial charge in [-0.05, 0) is 31.7 Å². The minimum absolute atomic E-state index is 0.339. The summed E-state index contributed by atoms with van der Waals surface area (Å²) in [7, 11) is 1.67. The lowest BCUT2D eigenvalue weighted by Gasteiger charge is -2.39. The van der Waals surface area contributed by atoms with Crippen LogP contribution in [0.3, 0.4) is 0 Å². The molecule has 1 fully saturated rings. The fourth-order valence-electron chi connectivity index (χ4n) is 2.38. The van der Waals surface area contributed by atoms with Crippen LogP contribution in [0.5, 0.6) is 0 Å². The normalized spacial score (nSPS) is 16.1. The summed E-state index contributed by atoms with van der Waals surface area (Å²) in [5.41, 5.74) is 1.11. The lowest BCUT2D eigenvalue weighted by Crippen LogP contribution is -2.61. The van der Waals surface area contributed by atoms with Crippen LogP contribution in [0.25, 0.3) is 0 Å². The van der Waals surface area contributed by atoms with Crippen molar-refractivity contribution in [1.82, 2.24) is 10.2 Å². The molecule has 0 atom stereocenters. The van der Waals surface area contributed by atoms with Crippen LogP contribution >= 0.6 is 0 Å². The van der Waals surface area contributed by atoms with Crippen LogP contribution < -0.4 is 5.32 Å². The number of carbonyl (C=O) groups is 2. The van der Waals surface area contributed by atoms with Gasteiger partial charge in [0.2, 0.25) is 0 Å². The summed E-state index contributed by atoms with van der Waals surface area (Å²) in [4.78, 5) is 24.8. The molecule has 0 heterocycles. The van der Waals surface area contributed by atoms with Gasteiger partial charge in [0, 0.05) is 13.6 Å². The van der Waals surface area contributed by atoms with Crippen molar-refractivity contribution < 1.29 is 14.7 Å². The Labute approximate surface area is 118 Å². The Morgan fingerprint density at radius 2 is 2.10 bits per heavy atom. The molecule has 0 bridgehead atoms. The second-order valence-electron chi connectivity index (χ2n) is 5.52. The SMILES string of the molecule is Cc1cccc(CN(C)C(=O)NC2(C(=O)O)CCC2)c1. The fourth-order valence-corrected chi connectivity index (χ4v) is 2.38. The van der Waals surface area contributed by atoms with Crippen LogP contribution in [-0.4, -0.2) is 34.6 Å². The molecule has 2 rings (SSSR count). The highest BCUT2D eigenvalue weighted by molar-refractivity contribution is 5.87. The van der Waals surface area contributed by atoms with Crippen molar-refractivity contribution in [3.63, 3.8) is 0 Å². The van der Waals surface area contributed by atoms with Crippen LogP contribution in [0.4, 0.5) is 4.79 Å². The van der Waals surface area contributed by atoms with Crippen molar-refractivity contribution >= 4 is 12.0 Å². The molecule has 1 aromatic rings. The number of aliphatic carboxylic acids is 1. The molecule has 1 aliphatic carbocycles. The van der Waals surface area contributed by atoms with Gasteiger partial charge in [0.25, 0.3) is 0 Å². The average molecular weight is 276 g/mol. The van der Waals surface area contributed by atoms with E-state index in [0.29, 0.717) is 19.4 Å². The number of nitrogens with one attached hydrogen (secondary N) is 1. The zero-order valence-corrected chi connectivity index (χ0v) is 11.8. The number of aryl methyl sites for hydroxylation is 1. The van der Waals surface area contributed by atoms with E-state index < -0.39 is 11.5 Å². The minimum Gasteiger partial charge on any atom is -0.480 e. The molecular weight excluding hydrogens is 256 g/mol. The van der Waals surface area contributed by atoms with Crippen molar-refractivity contribution in [3.05, 3.63) is 35.4 Å². The first-order valence-corrected chi connectivity index (χ1v) is 6.75. The summed E-state index contributed by atoms with van der Waals surface area (Å²) in [6.45, 7) is 2.46. The molecule has 5 heteroatoms. The predicted molar refractivity (Wildman–Crippen MR) is 75.4 cm³/mol. The molecule has 108 valence electrons. The summed E-state index contributed by atoms with van der Waals surface area (Å²) in [6, 6.07) is 7.57. The average Bonchev–Trinajstić information content (AvgIpc) is 2.32. The number of carboxylic acid groups (broad SMARTS) is 1. The minimum atomic E-state index is -1.06. The highest BCUT2D eigenvalue weighted by Crippen LogP contribution is 2.32. The summed E-state index contributed by atoms with van der Waals surface area (Å²) in [5.74, 6) is -0.943. The number of carbonyl (C=O) groups excluding carboxylic acids is 1. The number of amides is 2. The maximum absolute atomic E-state index is 12.1. The van der Waals surface area contributed by atoms with Gasteiger partial charge >= 0.3 is 12.0 Å². The molecule has 0 spiro atoms. The molecule has 2 N–H and O–H groups in total.